The predicted octanol–water partition coefficient (Wildman–Crippen LogP) is 4.51. The van der Waals surface area contributed by atoms with Gasteiger partial charge in [0.1, 0.15) is 5.82 Å². The molecule has 1 aliphatic rings. The van der Waals surface area contributed by atoms with Gasteiger partial charge in [-0.05, 0) is 30.5 Å². The van der Waals surface area contributed by atoms with Crippen molar-refractivity contribution >= 4 is 5.91 Å². The van der Waals surface area contributed by atoms with Crippen molar-refractivity contribution in [2.75, 3.05) is 6.61 Å². The third-order valence-electron chi connectivity index (χ3n) is 5.42. The Kier molecular flexibility index (Phi) is 6.67. The molecule has 1 aliphatic heterocycles. The van der Waals surface area contributed by atoms with E-state index < -0.39 is 0 Å². The fraction of sp³-hybridized carbons (Fsp3) is 0.360. The van der Waals surface area contributed by atoms with Crippen molar-refractivity contribution in [1.29, 1.82) is 0 Å². The molecule has 0 saturated carbocycles. The van der Waals surface area contributed by atoms with Gasteiger partial charge in [-0.3, -0.25) is 9.78 Å². The molecule has 6 heteroatoms. The summed E-state index contributed by atoms with van der Waals surface area (Å²) in [7, 11) is 0. The third-order valence-corrected chi connectivity index (χ3v) is 5.42. The van der Waals surface area contributed by atoms with E-state index in [1.54, 1.807) is 6.20 Å². The lowest BCUT2D eigenvalue weighted by Gasteiger charge is -2.13. The van der Waals surface area contributed by atoms with Crippen LogP contribution in [0.25, 0.3) is 22.5 Å². The zero-order valence-corrected chi connectivity index (χ0v) is 18.0. The lowest BCUT2D eigenvalue weighted by Crippen LogP contribution is -2.26. The molecule has 1 N–H and O–H groups in total. The summed E-state index contributed by atoms with van der Waals surface area (Å²) in [6.45, 7) is 5.44. The third kappa shape index (κ3) is 5.33. The predicted molar refractivity (Wildman–Crippen MR) is 120 cm³/mol. The van der Waals surface area contributed by atoms with Gasteiger partial charge in [0.05, 0.1) is 23.9 Å². The van der Waals surface area contributed by atoms with Crippen LogP contribution in [0, 0.1) is 0 Å². The van der Waals surface area contributed by atoms with Crippen LogP contribution >= 0.6 is 0 Å². The zero-order chi connectivity index (χ0) is 21.6. The van der Waals surface area contributed by atoms with Gasteiger partial charge >= 0.3 is 0 Å². The molecule has 6 nitrogen and oxygen atoms in total. The Labute approximate surface area is 183 Å². The molecule has 0 radical (unpaired) electrons. The lowest BCUT2D eigenvalue weighted by atomic mass is 10.0. The fourth-order valence-corrected chi connectivity index (χ4v) is 3.67. The Balaban J connectivity index is 1.51. The number of pyridine rings is 1. The SMILES string of the molecule is CC(C)c1ncc(-c2ccccn2)c(-c2ccc(CNC(=O)CC3CCCO3)cc2)n1. The molecule has 3 aromatic rings. The fourth-order valence-electron chi connectivity index (χ4n) is 3.67. The highest BCUT2D eigenvalue weighted by molar-refractivity contribution is 5.78. The molecule has 160 valence electrons. The molecule has 0 spiro atoms. The second kappa shape index (κ2) is 9.79. The Morgan fingerprint density at radius 3 is 2.68 bits per heavy atom. The first-order valence-electron chi connectivity index (χ1n) is 10.9. The van der Waals surface area contributed by atoms with Crippen molar-refractivity contribution in [1.82, 2.24) is 20.3 Å². The van der Waals surface area contributed by atoms with Gasteiger partial charge in [0.2, 0.25) is 5.91 Å². The smallest absolute Gasteiger partial charge is 0.222 e. The van der Waals surface area contributed by atoms with Gasteiger partial charge in [0.25, 0.3) is 0 Å². The van der Waals surface area contributed by atoms with E-state index in [0.29, 0.717) is 13.0 Å². The first-order valence-corrected chi connectivity index (χ1v) is 10.9. The average molecular weight is 417 g/mol. The number of benzene rings is 1. The van der Waals surface area contributed by atoms with Crippen LogP contribution in [0.3, 0.4) is 0 Å². The van der Waals surface area contributed by atoms with E-state index in [2.05, 4.69) is 29.1 Å². The topological polar surface area (TPSA) is 77.0 Å². The van der Waals surface area contributed by atoms with Crippen LogP contribution in [-0.4, -0.2) is 33.6 Å². The number of hydrogen-bond acceptors (Lipinski definition) is 5. The molecular weight excluding hydrogens is 388 g/mol. The van der Waals surface area contributed by atoms with E-state index in [9.17, 15) is 4.79 Å². The number of aromatic nitrogens is 3. The number of hydrogen-bond donors (Lipinski definition) is 1. The van der Waals surface area contributed by atoms with Gasteiger partial charge in [-0.1, -0.05) is 44.2 Å². The summed E-state index contributed by atoms with van der Waals surface area (Å²) in [5.41, 5.74) is 4.66. The van der Waals surface area contributed by atoms with E-state index in [1.165, 1.54) is 0 Å². The van der Waals surface area contributed by atoms with Crippen molar-refractivity contribution in [2.45, 2.75) is 51.7 Å². The molecular formula is C25H28N4O2. The van der Waals surface area contributed by atoms with E-state index >= 15 is 0 Å². The van der Waals surface area contributed by atoms with Gasteiger partial charge in [-0.2, -0.15) is 0 Å². The van der Waals surface area contributed by atoms with E-state index in [0.717, 1.165) is 53.4 Å². The van der Waals surface area contributed by atoms with E-state index in [-0.39, 0.29) is 17.9 Å². The largest absolute Gasteiger partial charge is 0.378 e. The summed E-state index contributed by atoms with van der Waals surface area (Å²) in [6.07, 6.45) is 6.15. The summed E-state index contributed by atoms with van der Waals surface area (Å²) in [5.74, 6) is 1.07. The minimum atomic E-state index is 0.0331. The number of carbonyl (C=O) groups is 1. The van der Waals surface area contributed by atoms with Gasteiger partial charge in [-0.25, -0.2) is 9.97 Å². The first-order chi connectivity index (χ1) is 15.1. The molecule has 2 aromatic heterocycles. The molecule has 1 amide bonds. The number of rotatable bonds is 7. The van der Waals surface area contributed by atoms with Gasteiger partial charge in [0.15, 0.2) is 0 Å². The highest BCUT2D eigenvalue weighted by Gasteiger charge is 2.19. The lowest BCUT2D eigenvalue weighted by molar-refractivity contribution is -0.123. The van der Waals surface area contributed by atoms with E-state index in [4.69, 9.17) is 9.72 Å². The molecule has 1 saturated heterocycles. The highest BCUT2D eigenvalue weighted by Crippen LogP contribution is 2.30. The van der Waals surface area contributed by atoms with E-state index in [1.807, 2.05) is 48.7 Å². The van der Waals surface area contributed by atoms with Gasteiger partial charge in [-0.15, -0.1) is 0 Å². The second-order valence-electron chi connectivity index (χ2n) is 8.17. The Bertz CT molecular complexity index is 1010. The van der Waals surface area contributed by atoms with Crippen molar-refractivity contribution in [3.63, 3.8) is 0 Å². The van der Waals surface area contributed by atoms with Gasteiger partial charge < -0.3 is 10.1 Å². The summed E-state index contributed by atoms with van der Waals surface area (Å²) in [6, 6.07) is 14.0. The molecule has 1 aromatic carbocycles. The van der Waals surface area contributed by atoms with Crippen LogP contribution in [0.5, 0.6) is 0 Å². The maximum atomic E-state index is 12.1. The van der Waals surface area contributed by atoms with Crippen molar-refractivity contribution in [3.05, 3.63) is 66.2 Å². The number of nitrogens with zero attached hydrogens (tertiary/aromatic N) is 3. The number of ether oxygens (including phenoxy) is 1. The Morgan fingerprint density at radius 2 is 2.00 bits per heavy atom. The van der Waals surface area contributed by atoms with Gasteiger partial charge in [0, 0.05) is 42.6 Å². The number of carbonyl (C=O) groups excluding carboxylic acids is 1. The summed E-state index contributed by atoms with van der Waals surface area (Å²) < 4.78 is 5.54. The van der Waals surface area contributed by atoms with Crippen molar-refractivity contribution in [2.24, 2.45) is 0 Å². The monoisotopic (exact) mass is 416 g/mol. The van der Waals surface area contributed by atoms with Crippen LogP contribution in [0.4, 0.5) is 0 Å². The second-order valence-corrected chi connectivity index (χ2v) is 8.17. The summed E-state index contributed by atoms with van der Waals surface area (Å²) in [5, 5.41) is 2.99. The molecule has 31 heavy (non-hydrogen) atoms. The molecule has 1 unspecified atom stereocenters. The molecule has 1 fully saturated rings. The Hall–Kier alpha value is -3.12. The average Bonchev–Trinajstić information content (AvgIpc) is 3.31. The minimum Gasteiger partial charge on any atom is -0.378 e. The Morgan fingerprint density at radius 1 is 1.16 bits per heavy atom. The molecule has 4 rings (SSSR count). The number of nitrogens with one attached hydrogen (secondary N) is 1. The molecule has 0 bridgehead atoms. The number of amides is 1. The van der Waals surface area contributed by atoms with Crippen LogP contribution in [0.2, 0.25) is 0 Å². The highest BCUT2D eigenvalue weighted by atomic mass is 16.5. The maximum Gasteiger partial charge on any atom is 0.222 e. The van der Waals surface area contributed by atoms with Crippen LogP contribution in [0.15, 0.2) is 54.9 Å². The van der Waals surface area contributed by atoms with Crippen LogP contribution in [-0.2, 0) is 16.1 Å². The van der Waals surface area contributed by atoms with Crippen molar-refractivity contribution < 1.29 is 9.53 Å². The molecule has 0 aliphatic carbocycles. The standard InChI is InChI=1S/C25H28N4O2/c1-17(2)25-28-16-21(22-7-3-4-12-26-22)24(29-25)19-10-8-18(9-11-19)15-27-23(30)14-20-6-5-13-31-20/h3-4,7-12,16-17,20H,5-6,13-15H2,1-2H3,(H,27,30). The molecule has 3 heterocycles. The van der Waals surface area contributed by atoms with Crippen LogP contribution < -0.4 is 5.32 Å². The van der Waals surface area contributed by atoms with Crippen molar-refractivity contribution in [3.8, 4) is 22.5 Å². The molecule has 1 atom stereocenters. The summed E-state index contributed by atoms with van der Waals surface area (Å²) in [4.78, 5) is 26.0. The maximum absolute atomic E-state index is 12.1. The first kappa shape index (κ1) is 21.1. The minimum absolute atomic E-state index is 0.0331. The quantitative estimate of drug-likeness (QED) is 0.613. The normalized spacial score (nSPS) is 15.9. The summed E-state index contributed by atoms with van der Waals surface area (Å²) >= 11 is 0. The zero-order valence-electron chi connectivity index (χ0n) is 18.0. The van der Waals surface area contributed by atoms with Crippen LogP contribution in [0.1, 0.15) is 50.4 Å².